The van der Waals surface area contributed by atoms with Crippen molar-refractivity contribution < 1.29 is 30.5 Å². The second kappa shape index (κ2) is 8.46. The molecule has 0 fully saturated rings. The predicted molar refractivity (Wildman–Crippen MR) is 73.6 cm³/mol. The number of aliphatic hydroxyl groups is 5. The Hall–Kier alpha value is -1.98. The van der Waals surface area contributed by atoms with Crippen LogP contribution in [0.3, 0.4) is 0 Å². The molecule has 10 heteroatoms. The number of non-ortho nitro benzene ring substituents is 1. The van der Waals surface area contributed by atoms with Crippen LogP contribution in [-0.2, 0) is 0 Å². The molecule has 1 aromatic rings. The van der Waals surface area contributed by atoms with Crippen LogP contribution in [0.5, 0.6) is 0 Å². The minimum Gasteiger partial charge on any atom is -0.394 e. The Morgan fingerprint density at radius 2 is 1.59 bits per heavy atom. The van der Waals surface area contributed by atoms with Gasteiger partial charge in [0.1, 0.15) is 24.4 Å². The summed E-state index contributed by atoms with van der Waals surface area (Å²) in [6, 6.07) is 5.19. The van der Waals surface area contributed by atoms with Crippen molar-refractivity contribution in [2.24, 2.45) is 10.2 Å². The second-order valence-electron chi connectivity index (χ2n) is 4.50. The smallest absolute Gasteiger partial charge is 0.269 e. The lowest BCUT2D eigenvalue weighted by molar-refractivity contribution is -0.384. The van der Waals surface area contributed by atoms with Crippen LogP contribution in [0.4, 0.5) is 11.4 Å². The molecule has 1 rings (SSSR count). The lowest BCUT2D eigenvalue weighted by atomic mass is 10.0. The highest BCUT2D eigenvalue weighted by molar-refractivity contribution is 5.43. The highest BCUT2D eigenvalue weighted by Gasteiger charge is 2.29. The van der Waals surface area contributed by atoms with Gasteiger partial charge in [0.15, 0.2) is 0 Å². The average Bonchev–Trinajstić information content (AvgIpc) is 2.52. The first-order valence-electron chi connectivity index (χ1n) is 6.32. The molecular weight excluding hydrogens is 298 g/mol. The van der Waals surface area contributed by atoms with Crippen LogP contribution in [0, 0.1) is 10.1 Å². The highest BCUT2D eigenvalue weighted by Crippen LogP contribution is 2.18. The molecule has 0 spiro atoms. The zero-order valence-electron chi connectivity index (χ0n) is 11.4. The molecule has 0 amide bonds. The van der Waals surface area contributed by atoms with E-state index in [-0.39, 0.29) is 12.2 Å². The van der Waals surface area contributed by atoms with Crippen LogP contribution >= 0.6 is 0 Å². The number of aliphatic hydroxyl groups excluding tert-OH is 5. The fourth-order valence-corrected chi connectivity index (χ4v) is 1.52. The van der Waals surface area contributed by atoms with E-state index in [0.29, 0.717) is 5.69 Å². The van der Waals surface area contributed by atoms with Crippen LogP contribution in [0.1, 0.15) is 0 Å². The maximum absolute atomic E-state index is 10.5. The molecule has 0 aromatic heterocycles. The highest BCUT2D eigenvalue weighted by atomic mass is 16.6. The van der Waals surface area contributed by atoms with Gasteiger partial charge in [0.05, 0.1) is 23.8 Å². The van der Waals surface area contributed by atoms with E-state index in [1.54, 1.807) is 0 Å². The predicted octanol–water partition coefficient (Wildman–Crippen LogP) is -0.886. The summed E-state index contributed by atoms with van der Waals surface area (Å²) in [5.74, 6) is 0. The molecule has 0 saturated carbocycles. The number of hydrogen-bond donors (Lipinski definition) is 5. The van der Waals surface area contributed by atoms with Gasteiger partial charge < -0.3 is 25.5 Å². The van der Waals surface area contributed by atoms with E-state index in [1.165, 1.54) is 24.3 Å². The summed E-state index contributed by atoms with van der Waals surface area (Å²) in [6.45, 7) is -1.14. The van der Waals surface area contributed by atoms with E-state index < -0.39 is 35.9 Å². The van der Waals surface area contributed by atoms with Crippen molar-refractivity contribution in [2.45, 2.75) is 24.4 Å². The lowest BCUT2D eigenvalue weighted by Crippen LogP contribution is -2.46. The van der Waals surface area contributed by atoms with Gasteiger partial charge in [-0.2, -0.15) is 10.2 Å². The topological polar surface area (TPSA) is 169 Å². The monoisotopic (exact) mass is 315 g/mol. The van der Waals surface area contributed by atoms with E-state index in [9.17, 15) is 25.4 Å². The van der Waals surface area contributed by atoms with Gasteiger partial charge in [-0.3, -0.25) is 10.1 Å². The van der Waals surface area contributed by atoms with Gasteiger partial charge in [-0.05, 0) is 12.1 Å². The van der Waals surface area contributed by atoms with Crippen LogP contribution in [0.25, 0.3) is 0 Å². The maximum atomic E-state index is 10.5. The molecule has 10 nitrogen and oxygen atoms in total. The Labute approximate surface area is 125 Å². The fourth-order valence-electron chi connectivity index (χ4n) is 1.52. The zero-order valence-corrected chi connectivity index (χ0v) is 11.4. The molecule has 0 radical (unpaired) electrons. The van der Waals surface area contributed by atoms with E-state index in [0.717, 1.165) is 0 Å². The Balaban J connectivity index is 2.55. The Kier molecular flexibility index (Phi) is 6.95. The summed E-state index contributed by atoms with van der Waals surface area (Å²) in [5.41, 5.74) is 0.207. The molecule has 0 aliphatic carbocycles. The van der Waals surface area contributed by atoms with Gasteiger partial charge >= 0.3 is 0 Å². The minimum absolute atomic E-state index is 0.101. The summed E-state index contributed by atoms with van der Waals surface area (Å²) in [5, 5.41) is 64.0. The normalized spacial score (nSPS) is 17.1. The van der Waals surface area contributed by atoms with E-state index in [4.69, 9.17) is 10.2 Å². The second-order valence-corrected chi connectivity index (χ2v) is 4.50. The Morgan fingerprint density at radius 3 is 2.09 bits per heavy atom. The number of nitro benzene ring substituents is 1. The summed E-state index contributed by atoms with van der Waals surface area (Å²) in [7, 11) is 0. The molecule has 0 unspecified atom stereocenters. The largest absolute Gasteiger partial charge is 0.394 e. The molecule has 5 N–H and O–H groups in total. The van der Waals surface area contributed by atoms with Gasteiger partial charge in [0.2, 0.25) is 0 Å². The molecule has 0 aliphatic heterocycles. The third-order valence-corrected chi connectivity index (χ3v) is 2.84. The minimum atomic E-state index is -1.73. The molecule has 122 valence electrons. The first-order valence-corrected chi connectivity index (χ1v) is 6.32. The fraction of sp³-hybridized carbons (Fsp3) is 0.500. The SMILES string of the molecule is O=[N+]([O-])c1ccc(N=NC[C@@H](O)[C@@H](O)[C@H](O)[C@H](O)CO)cc1. The van der Waals surface area contributed by atoms with Gasteiger partial charge in [0.25, 0.3) is 5.69 Å². The summed E-state index contributed by atoms with van der Waals surface area (Å²) >= 11 is 0. The van der Waals surface area contributed by atoms with Crippen LogP contribution in [0.15, 0.2) is 34.5 Å². The van der Waals surface area contributed by atoms with Crippen molar-refractivity contribution in [1.82, 2.24) is 0 Å². The van der Waals surface area contributed by atoms with Crippen LogP contribution < -0.4 is 0 Å². The zero-order chi connectivity index (χ0) is 16.7. The molecule has 4 atom stereocenters. The Bertz CT molecular complexity index is 508. The van der Waals surface area contributed by atoms with E-state index in [2.05, 4.69) is 10.2 Å². The quantitative estimate of drug-likeness (QED) is 0.235. The van der Waals surface area contributed by atoms with Gasteiger partial charge in [-0.1, -0.05) is 0 Å². The molecule has 0 saturated heterocycles. The van der Waals surface area contributed by atoms with E-state index in [1.807, 2.05) is 0 Å². The summed E-state index contributed by atoms with van der Waals surface area (Å²) in [4.78, 5) is 9.90. The van der Waals surface area contributed by atoms with Crippen molar-refractivity contribution in [3.8, 4) is 0 Å². The third-order valence-electron chi connectivity index (χ3n) is 2.84. The summed E-state index contributed by atoms with van der Waals surface area (Å²) in [6.07, 6.45) is -6.53. The number of rotatable bonds is 8. The number of hydrogen-bond acceptors (Lipinski definition) is 9. The number of nitro groups is 1. The van der Waals surface area contributed by atoms with Gasteiger partial charge in [-0.25, -0.2) is 0 Å². The first kappa shape index (κ1) is 18.1. The average molecular weight is 315 g/mol. The third kappa shape index (κ3) is 5.09. The molecule has 0 heterocycles. The molecule has 22 heavy (non-hydrogen) atoms. The number of azo groups is 1. The van der Waals surface area contributed by atoms with Crippen LogP contribution in [-0.4, -0.2) is 68.0 Å². The molecular formula is C12H17N3O7. The first-order chi connectivity index (χ1) is 10.4. The number of benzene rings is 1. The van der Waals surface area contributed by atoms with Crippen molar-refractivity contribution >= 4 is 11.4 Å². The van der Waals surface area contributed by atoms with Crippen molar-refractivity contribution in [1.29, 1.82) is 0 Å². The molecule has 0 aliphatic rings. The van der Waals surface area contributed by atoms with Crippen molar-refractivity contribution in [3.63, 3.8) is 0 Å². The molecule has 1 aromatic carbocycles. The standard InChI is InChI=1S/C12H17N3O7/c16-6-10(18)12(20)11(19)9(17)5-13-14-7-1-3-8(4-2-7)15(21)22/h1-4,9-12,16-20H,5-6H2/t9-,10-,11-,12-/m1/s1. The van der Waals surface area contributed by atoms with Gasteiger partial charge in [-0.15, -0.1) is 0 Å². The molecule has 0 bridgehead atoms. The summed E-state index contributed by atoms with van der Waals surface area (Å²) < 4.78 is 0. The number of nitrogens with zero attached hydrogens (tertiary/aromatic N) is 3. The van der Waals surface area contributed by atoms with E-state index >= 15 is 0 Å². The van der Waals surface area contributed by atoms with Crippen molar-refractivity contribution in [2.75, 3.05) is 13.2 Å². The van der Waals surface area contributed by atoms with Crippen LogP contribution in [0.2, 0.25) is 0 Å². The maximum Gasteiger partial charge on any atom is 0.269 e. The van der Waals surface area contributed by atoms with Crippen molar-refractivity contribution in [3.05, 3.63) is 34.4 Å². The van der Waals surface area contributed by atoms with Gasteiger partial charge in [0, 0.05) is 12.1 Å². The Morgan fingerprint density at radius 1 is 1.05 bits per heavy atom. The lowest BCUT2D eigenvalue weighted by Gasteiger charge is -2.24.